The van der Waals surface area contributed by atoms with Gasteiger partial charge in [-0.1, -0.05) is 19.4 Å². The molecule has 0 aromatic rings. The standard InChI is InChI=1S/C28H48N2O2/c1-17(2)14-25(32)29-20-12-13-27(4)19(15-20)8-9-21-23-11-10-22(18(3)30(6)7)28(23,5)16-24(31)26(21)27/h14,18-24,26,31H,8-13,15-16H2,1-7H3,(H,29,32)/t18-,19-,20-,21-,22+,23-,24+,26+,27-,28+/m0/s1. The van der Waals surface area contributed by atoms with Crippen LogP contribution in [0.1, 0.15) is 86.0 Å². The first-order valence-corrected chi connectivity index (χ1v) is 13.3. The third-order valence-electron chi connectivity index (χ3n) is 10.8. The van der Waals surface area contributed by atoms with Crippen molar-refractivity contribution in [3.05, 3.63) is 11.6 Å². The molecule has 0 bridgehead atoms. The van der Waals surface area contributed by atoms with Crippen LogP contribution in [0.3, 0.4) is 0 Å². The number of carbonyl (C=O) groups is 1. The number of rotatable bonds is 4. The molecule has 2 N–H and O–H groups in total. The van der Waals surface area contributed by atoms with E-state index in [1.807, 2.05) is 13.8 Å². The minimum atomic E-state index is -0.180. The van der Waals surface area contributed by atoms with E-state index in [9.17, 15) is 9.90 Å². The van der Waals surface area contributed by atoms with Crippen LogP contribution in [0.25, 0.3) is 0 Å². The van der Waals surface area contributed by atoms with Crippen LogP contribution >= 0.6 is 0 Å². The van der Waals surface area contributed by atoms with Crippen molar-refractivity contribution in [2.24, 2.45) is 40.4 Å². The summed E-state index contributed by atoms with van der Waals surface area (Å²) in [5, 5.41) is 15.0. The quantitative estimate of drug-likeness (QED) is 0.599. The molecule has 4 saturated carbocycles. The molecule has 4 heteroatoms. The molecule has 0 aromatic heterocycles. The van der Waals surface area contributed by atoms with Crippen LogP contribution < -0.4 is 5.32 Å². The number of nitrogens with one attached hydrogen (secondary N) is 1. The largest absolute Gasteiger partial charge is 0.393 e. The molecule has 0 aliphatic heterocycles. The van der Waals surface area contributed by atoms with E-state index in [-0.39, 0.29) is 28.9 Å². The number of hydrogen-bond acceptors (Lipinski definition) is 3. The Balaban J connectivity index is 1.51. The van der Waals surface area contributed by atoms with E-state index >= 15 is 0 Å². The van der Waals surface area contributed by atoms with E-state index in [2.05, 4.69) is 45.1 Å². The number of nitrogens with zero attached hydrogens (tertiary/aromatic N) is 1. The summed E-state index contributed by atoms with van der Waals surface area (Å²) in [6.07, 6.45) is 11.0. The number of carbonyl (C=O) groups excluding carboxylic acids is 1. The van der Waals surface area contributed by atoms with Gasteiger partial charge in [-0.2, -0.15) is 0 Å². The molecule has 4 nitrogen and oxygen atoms in total. The summed E-state index contributed by atoms with van der Waals surface area (Å²) >= 11 is 0. The lowest BCUT2D eigenvalue weighted by molar-refractivity contribution is -0.173. The monoisotopic (exact) mass is 444 g/mol. The van der Waals surface area contributed by atoms with Gasteiger partial charge in [-0.25, -0.2) is 0 Å². The van der Waals surface area contributed by atoms with Crippen LogP contribution in [0, 0.1) is 40.4 Å². The van der Waals surface area contributed by atoms with Gasteiger partial charge in [0, 0.05) is 18.2 Å². The Kier molecular flexibility index (Phi) is 6.62. The molecule has 0 radical (unpaired) electrons. The molecule has 32 heavy (non-hydrogen) atoms. The molecule has 0 spiro atoms. The molecule has 4 fully saturated rings. The van der Waals surface area contributed by atoms with Crippen LogP contribution in [-0.4, -0.2) is 48.2 Å². The second-order valence-corrected chi connectivity index (χ2v) is 12.9. The number of amides is 1. The van der Waals surface area contributed by atoms with E-state index in [1.54, 1.807) is 6.08 Å². The maximum absolute atomic E-state index is 12.3. The van der Waals surface area contributed by atoms with E-state index in [1.165, 1.54) is 25.7 Å². The van der Waals surface area contributed by atoms with Gasteiger partial charge in [0.15, 0.2) is 0 Å². The van der Waals surface area contributed by atoms with Crippen molar-refractivity contribution in [2.75, 3.05) is 14.1 Å². The summed E-state index contributed by atoms with van der Waals surface area (Å²) < 4.78 is 0. The maximum Gasteiger partial charge on any atom is 0.244 e. The van der Waals surface area contributed by atoms with Gasteiger partial charge in [0.1, 0.15) is 0 Å². The van der Waals surface area contributed by atoms with Crippen LogP contribution in [0.5, 0.6) is 0 Å². The van der Waals surface area contributed by atoms with Gasteiger partial charge < -0.3 is 15.3 Å². The normalized spacial score (nSPS) is 46.6. The molecular weight excluding hydrogens is 396 g/mol. The summed E-state index contributed by atoms with van der Waals surface area (Å²) in [6.45, 7) is 11.3. The predicted molar refractivity (Wildman–Crippen MR) is 131 cm³/mol. The molecule has 4 aliphatic carbocycles. The zero-order valence-electron chi connectivity index (χ0n) is 21.7. The number of aliphatic hydroxyl groups is 1. The molecule has 0 saturated heterocycles. The van der Waals surface area contributed by atoms with Crippen LogP contribution in [0.15, 0.2) is 11.6 Å². The lowest BCUT2D eigenvalue weighted by Crippen LogP contribution is -2.60. The van der Waals surface area contributed by atoms with Gasteiger partial charge >= 0.3 is 0 Å². The SMILES string of the molecule is CC(C)=CC(=O)N[C@H]1CC[C@@]2(C)[C@@H](CC[C@@H]3[C@@H]2[C@H](O)C[C@]2(C)[C@@H]([C@H](C)N(C)C)CC[C@@H]32)C1. The fraction of sp³-hybridized carbons (Fsp3) is 0.893. The Morgan fingerprint density at radius 1 is 1.09 bits per heavy atom. The number of hydrogen-bond donors (Lipinski definition) is 2. The second-order valence-electron chi connectivity index (χ2n) is 12.9. The lowest BCUT2D eigenvalue weighted by atomic mass is 9.43. The van der Waals surface area contributed by atoms with E-state index in [0.29, 0.717) is 29.7 Å². The first kappa shape index (κ1) is 24.3. The van der Waals surface area contributed by atoms with Crippen molar-refractivity contribution < 1.29 is 9.90 Å². The van der Waals surface area contributed by atoms with Gasteiger partial charge in [-0.3, -0.25) is 4.79 Å². The molecule has 4 rings (SSSR count). The highest BCUT2D eigenvalue weighted by molar-refractivity contribution is 5.88. The van der Waals surface area contributed by atoms with Crippen molar-refractivity contribution >= 4 is 5.91 Å². The highest BCUT2D eigenvalue weighted by atomic mass is 16.3. The third-order valence-corrected chi connectivity index (χ3v) is 10.8. The predicted octanol–water partition coefficient (Wildman–Crippen LogP) is 5.02. The molecule has 0 unspecified atom stereocenters. The van der Waals surface area contributed by atoms with Gasteiger partial charge in [0.25, 0.3) is 0 Å². The fourth-order valence-corrected chi connectivity index (χ4v) is 9.21. The minimum Gasteiger partial charge on any atom is -0.393 e. The van der Waals surface area contributed by atoms with Gasteiger partial charge in [-0.15, -0.1) is 0 Å². The maximum atomic E-state index is 12.3. The molecule has 0 heterocycles. The van der Waals surface area contributed by atoms with Crippen LogP contribution in [-0.2, 0) is 4.79 Å². The van der Waals surface area contributed by atoms with Crippen molar-refractivity contribution in [1.82, 2.24) is 10.2 Å². The molecular formula is C28H48N2O2. The van der Waals surface area contributed by atoms with E-state index < -0.39 is 0 Å². The lowest BCUT2D eigenvalue weighted by Gasteiger charge is -2.63. The molecule has 4 aliphatic rings. The van der Waals surface area contributed by atoms with Crippen molar-refractivity contribution in [1.29, 1.82) is 0 Å². The van der Waals surface area contributed by atoms with Crippen LogP contribution in [0.2, 0.25) is 0 Å². The smallest absolute Gasteiger partial charge is 0.244 e. The van der Waals surface area contributed by atoms with Crippen molar-refractivity contribution in [3.63, 3.8) is 0 Å². The molecule has 10 atom stereocenters. The van der Waals surface area contributed by atoms with Crippen molar-refractivity contribution in [2.45, 2.75) is 104 Å². The molecule has 182 valence electrons. The molecule has 1 amide bonds. The zero-order valence-corrected chi connectivity index (χ0v) is 21.7. The van der Waals surface area contributed by atoms with Crippen LogP contribution in [0.4, 0.5) is 0 Å². The summed E-state index contributed by atoms with van der Waals surface area (Å²) in [5.74, 6) is 3.23. The summed E-state index contributed by atoms with van der Waals surface area (Å²) in [4.78, 5) is 14.7. The molecule has 0 aromatic carbocycles. The Morgan fingerprint density at radius 2 is 1.81 bits per heavy atom. The summed E-state index contributed by atoms with van der Waals surface area (Å²) in [6, 6.07) is 0.857. The first-order valence-electron chi connectivity index (χ1n) is 13.3. The van der Waals surface area contributed by atoms with Crippen molar-refractivity contribution in [3.8, 4) is 0 Å². The second kappa shape index (κ2) is 8.73. The first-order chi connectivity index (χ1) is 15.0. The summed E-state index contributed by atoms with van der Waals surface area (Å²) in [7, 11) is 4.43. The zero-order chi connectivity index (χ0) is 23.4. The van der Waals surface area contributed by atoms with Gasteiger partial charge in [0.2, 0.25) is 5.91 Å². The average molecular weight is 445 g/mol. The number of aliphatic hydroxyl groups excluding tert-OH is 1. The topological polar surface area (TPSA) is 52.6 Å². The summed E-state index contributed by atoms with van der Waals surface area (Å²) in [5.41, 5.74) is 1.53. The number of allylic oxidation sites excluding steroid dienone is 1. The number of fused-ring (bicyclic) bond motifs is 5. The minimum absolute atomic E-state index is 0.0627. The van der Waals surface area contributed by atoms with E-state index in [4.69, 9.17) is 0 Å². The average Bonchev–Trinajstić information content (AvgIpc) is 3.03. The van der Waals surface area contributed by atoms with Gasteiger partial charge in [-0.05, 0) is 127 Å². The highest BCUT2D eigenvalue weighted by Crippen LogP contribution is 2.67. The van der Waals surface area contributed by atoms with E-state index in [0.717, 1.165) is 37.2 Å². The fourth-order valence-electron chi connectivity index (χ4n) is 9.21. The Hall–Kier alpha value is -0.870. The van der Waals surface area contributed by atoms with Gasteiger partial charge in [0.05, 0.1) is 6.10 Å². The Labute approximate surface area is 196 Å². The highest BCUT2D eigenvalue weighted by Gasteiger charge is 2.63. The Morgan fingerprint density at radius 3 is 2.47 bits per heavy atom. The Bertz CT molecular complexity index is 744. The third kappa shape index (κ3) is 3.98.